The van der Waals surface area contributed by atoms with Gasteiger partial charge in [-0.2, -0.15) is 0 Å². The van der Waals surface area contributed by atoms with E-state index in [-0.39, 0.29) is 17.4 Å². The standard InChI is InChI=1S/C17H20ClN3O3/c1-19-15(22)12-4-11(18)2-3-13(12)20-16(23)14-8-21-7-10-5-17(21,6-10)9-24-14/h2-4,10,14H,5-9H2,1H3,(H,19,22)(H,20,23). The first-order valence-corrected chi connectivity index (χ1v) is 8.58. The molecule has 1 aliphatic carbocycles. The minimum absolute atomic E-state index is 0.189. The molecule has 2 amide bonds. The SMILES string of the molecule is CNC(=O)c1cc(Cl)ccc1NC(=O)C1CN2CC3CC2(CO1)C3. The van der Waals surface area contributed by atoms with Crippen LogP contribution in [0.25, 0.3) is 0 Å². The van der Waals surface area contributed by atoms with Crippen molar-refractivity contribution in [3.63, 3.8) is 0 Å². The number of carbonyl (C=O) groups is 2. The van der Waals surface area contributed by atoms with E-state index in [0.29, 0.717) is 29.4 Å². The fourth-order valence-electron chi connectivity index (χ4n) is 4.21. The van der Waals surface area contributed by atoms with Crippen LogP contribution in [-0.2, 0) is 9.53 Å². The highest BCUT2D eigenvalue weighted by molar-refractivity contribution is 6.31. The number of nitrogens with one attached hydrogen (secondary N) is 2. The number of amides is 2. The topological polar surface area (TPSA) is 70.7 Å². The molecular weight excluding hydrogens is 330 g/mol. The molecule has 3 saturated heterocycles. The molecule has 128 valence electrons. The van der Waals surface area contributed by atoms with Crippen LogP contribution in [0.2, 0.25) is 5.02 Å². The molecule has 7 heteroatoms. The maximum absolute atomic E-state index is 12.6. The quantitative estimate of drug-likeness (QED) is 0.867. The van der Waals surface area contributed by atoms with Gasteiger partial charge in [-0.05, 0) is 37.0 Å². The molecule has 24 heavy (non-hydrogen) atoms. The molecule has 4 fully saturated rings. The van der Waals surface area contributed by atoms with Crippen LogP contribution in [0.4, 0.5) is 5.69 Å². The molecule has 6 nitrogen and oxygen atoms in total. The third-order valence-electron chi connectivity index (χ3n) is 5.43. The molecule has 1 aromatic carbocycles. The van der Waals surface area contributed by atoms with Gasteiger partial charge < -0.3 is 15.4 Å². The van der Waals surface area contributed by atoms with Crippen LogP contribution in [0.15, 0.2) is 18.2 Å². The number of carbonyl (C=O) groups excluding carboxylic acids is 2. The summed E-state index contributed by atoms with van der Waals surface area (Å²) in [5.74, 6) is 0.254. The summed E-state index contributed by atoms with van der Waals surface area (Å²) in [5, 5.41) is 5.82. The number of benzene rings is 1. The molecule has 2 bridgehead atoms. The summed E-state index contributed by atoms with van der Waals surface area (Å²) in [7, 11) is 1.54. The molecule has 0 aromatic heterocycles. The lowest BCUT2D eigenvalue weighted by Gasteiger charge is -2.47. The van der Waals surface area contributed by atoms with E-state index >= 15 is 0 Å². The van der Waals surface area contributed by atoms with E-state index in [0.717, 1.165) is 12.5 Å². The van der Waals surface area contributed by atoms with E-state index in [1.54, 1.807) is 18.2 Å². The Morgan fingerprint density at radius 2 is 2.12 bits per heavy atom. The molecule has 5 rings (SSSR count). The van der Waals surface area contributed by atoms with Crippen molar-refractivity contribution in [2.75, 3.05) is 32.1 Å². The molecule has 4 aliphatic rings. The number of halogens is 1. The Morgan fingerprint density at radius 3 is 2.88 bits per heavy atom. The lowest BCUT2D eigenvalue weighted by atomic mass is 9.73. The summed E-state index contributed by atoms with van der Waals surface area (Å²) in [5.41, 5.74) is 0.974. The second-order valence-corrected chi connectivity index (χ2v) is 7.40. The lowest BCUT2D eigenvalue weighted by molar-refractivity contribution is -0.144. The highest BCUT2D eigenvalue weighted by Gasteiger charge is 2.58. The fourth-order valence-corrected chi connectivity index (χ4v) is 4.39. The van der Waals surface area contributed by atoms with Crippen molar-refractivity contribution in [2.24, 2.45) is 5.92 Å². The molecule has 3 heterocycles. The van der Waals surface area contributed by atoms with E-state index in [9.17, 15) is 9.59 Å². The van der Waals surface area contributed by atoms with E-state index in [2.05, 4.69) is 15.5 Å². The number of hydrogen-bond acceptors (Lipinski definition) is 4. The minimum Gasteiger partial charge on any atom is -0.365 e. The minimum atomic E-state index is -0.511. The zero-order valence-electron chi connectivity index (χ0n) is 13.5. The van der Waals surface area contributed by atoms with Gasteiger partial charge in [0.2, 0.25) is 0 Å². The Hall–Kier alpha value is -1.63. The van der Waals surface area contributed by atoms with Crippen molar-refractivity contribution in [3.8, 4) is 0 Å². The second-order valence-electron chi connectivity index (χ2n) is 6.96. The van der Waals surface area contributed by atoms with Crippen molar-refractivity contribution in [3.05, 3.63) is 28.8 Å². The van der Waals surface area contributed by atoms with Gasteiger partial charge in [0.1, 0.15) is 6.10 Å². The third kappa shape index (κ3) is 2.49. The van der Waals surface area contributed by atoms with E-state index < -0.39 is 6.10 Å². The van der Waals surface area contributed by atoms with Gasteiger partial charge in [-0.25, -0.2) is 0 Å². The van der Waals surface area contributed by atoms with Crippen molar-refractivity contribution in [1.82, 2.24) is 10.2 Å². The number of nitrogens with zero attached hydrogens (tertiary/aromatic N) is 1. The van der Waals surface area contributed by atoms with Gasteiger partial charge in [0, 0.05) is 30.7 Å². The normalized spacial score (nSPS) is 31.1. The maximum atomic E-state index is 12.6. The average Bonchev–Trinajstić information content (AvgIpc) is 3.10. The van der Waals surface area contributed by atoms with E-state index in [1.165, 1.54) is 19.9 Å². The lowest BCUT2D eigenvalue weighted by Crippen LogP contribution is -2.59. The van der Waals surface area contributed by atoms with Gasteiger partial charge in [-0.1, -0.05) is 11.6 Å². The first-order valence-electron chi connectivity index (χ1n) is 8.20. The Labute approximate surface area is 145 Å². The van der Waals surface area contributed by atoms with Crippen molar-refractivity contribution in [1.29, 1.82) is 0 Å². The molecule has 1 saturated carbocycles. The van der Waals surface area contributed by atoms with Gasteiger partial charge >= 0.3 is 0 Å². The summed E-state index contributed by atoms with van der Waals surface area (Å²) in [4.78, 5) is 27.0. The Bertz CT molecular complexity index is 702. The predicted octanol–water partition coefficient (Wildman–Crippen LogP) is 1.50. The number of morpholine rings is 1. The fraction of sp³-hybridized carbons (Fsp3) is 0.529. The van der Waals surface area contributed by atoms with E-state index in [4.69, 9.17) is 16.3 Å². The van der Waals surface area contributed by atoms with Crippen LogP contribution in [0.5, 0.6) is 0 Å². The highest BCUT2D eigenvalue weighted by atomic mass is 35.5. The molecule has 1 unspecified atom stereocenters. The average molecular weight is 350 g/mol. The largest absolute Gasteiger partial charge is 0.365 e. The van der Waals surface area contributed by atoms with Crippen molar-refractivity contribution >= 4 is 29.1 Å². The summed E-state index contributed by atoms with van der Waals surface area (Å²) < 4.78 is 5.84. The number of rotatable bonds is 3. The van der Waals surface area contributed by atoms with E-state index in [1.807, 2.05) is 0 Å². The molecular formula is C17H20ClN3O3. The van der Waals surface area contributed by atoms with Gasteiger partial charge in [-0.3, -0.25) is 14.5 Å². The first-order chi connectivity index (χ1) is 11.5. The Morgan fingerprint density at radius 1 is 1.33 bits per heavy atom. The molecule has 1 spiro atoms. The number of ether oxygens (including phenoxy) is 1. The second kappa shape index (κ2) is 5.72. The van der Waals surface area contributed by atoms with Crippen LogP contribution in [-0.4, -0.2) is 55.1 Å². The zero-order valence-corrected chi connectivity index (χ0v) is 14.2. The van der Waals surface area contributed by atoms with Crippen LogP contribution >= 0.6 is 11.6 Å². The molecule has 0 radical (unpaired) electrons. The van der Waals surface area contributed by atoms with Crippen LogP contribution < -0.4 is 10.6 Å². The molecule has 3 aliphatic heterocycles. The number of anilines is 1. The summed E-state index contributed by atoms with van der Waals surface area (Å²) in [6, 6.07) is 4.83. The summed E-state index contributed by atoms with van der Waals surface area (Å²) in [6.45, 7) is 2.30. The maximum Gasteiger partial charge on any atom is 0.254 e. The molecule has 1 aromatic rings. The summed E-state index contributed by atoms with van der Waals surface area (Å²) in [6.07, 6.45) is 1.88. The van der Waals surface area contributed by atoms with Crippen LogP contribution in [0.1, 0.15) is 23.2 Å². The predicted molar refractivity (Wildman–Crippen MR) is 90.2 cm³/mol. The van der Waals surface area contributed by atoms with Crippen molar-refractivity contribution in [2.45, 2.75) is 24.5 Å². The van der Waals surface area contributed by atoms with Gasteiger partial charge in [0.25, 0.3) is 11.8 Å². The smallest absolute Gasteiger partial charge is 0.254 e. The van der Waals surface area contributed by atoms with Crippen LogP contribution in [0.3, 0.4) is 0 Å². The van der Waals surface area contributed by atoms with Gasteiger partial charge in [-0.15, -0.1) is 0 Å². The zero-order chi connectivity index (χ0) is 16.9. The highest BCUT2D eigenvalue weighted by Crippen LogP contribution is 2.52. The van der Waals surface area contributed by atoms with Gasteiger partial charge in [0.05, 0.1) is 17.9 Å². The molecule has 1 atom stereocenters. The molecule has 2 N–H and O–H groups in total. The van der Waals surface area contributed by atoms with Crippen LogP contribution in [0, 0.1) is 5.92 Å². The Balaban J connectivity index is 1.48. The Kier molecular flexibility index (Phi) is 3.78. The number of hydrogen-bond donors (Lipinski definition) is 2. The van der Waals surface area contributed by atoms with Gasteiger partial charge in [0.15, 0.2) is 0 Å². The monoisotopic (exact) mass is 349 g/mol. The first kappa shape index (κ1) is 15.9. The summed E-state index contributed by atoms with van der Waals surface area (Å²) >= 11 is 5.96. The third-order valence-corrected chi connectivity index (χ3v) is 5.66. The van der Waals surface area contributed by atoms with Crippen molar-refractivity contribution < 1.29 is 14.3 Å².